The molecule has 0 aromatic heterocycles. The summed E-state index contributed by atoms with van der Waals surface area (Å²) in [4.78, 5) is 12.0. The van der Waals surface area contributed by atoms with E-state index >= 15 is 0 Å². The molecule has 6 heteroatoms. The lowest BCUT2D eigenvalue weighted by molar-refractivity contribution is -0.122. The molecule has 1 rings (SSSR count). The first-order chi connectivity index (χ1) is 7.78. The number of nitrogens with one attached hydrogen (secondary N) is 1. The molecule has 1 N–H and O–H groups in total. The summed E-state index contributed by atoms with van der Waals surface area (Å²) in [5.74, 6) is -0.195. The lowest BCUT2D eigenvalue weighted by Gasteiger charge is -2.29. The van der Waals surface area contributed by atoms with Gasteiger partial charge in [0.05, 0.1) is 5.75 Å². The van der Waals surface area contributed by atoms with E-state index in [1.54, 1.807) is 0 Å². The van der Waals surface area contributed by atoms with Crippen molar-refractivity contribution >= 4 is 31.7 Å². The first-order valence-electron chi connectivity index (χ1n) is 5.88. The van der Waals surface area contributed by atoms with Crippen LogP contribution in [-0.2, 0) is 14.6 Å². The molecule has 1 aliphatic heterocycles. The molecule has 1 atom stereocenters. The fourth-order valence-electron chi connectivity index (χ4n) is 1.96. The summed E-state index contributed by atoms with van der Waals surface area (Å²) in [6.07, 6.45) is 2.72. The molecule has 1 fully saturated rings. The molecule has 100 valence electrons. The van der Waals surface area contributed by atoms with Gasteiger partial charge in [0.15, 0.2) is 9.84 Å². The SMILES string of the molecule is CC(C)(CCBr)NC(=O)C1CCCCS1(=O)=O. The van der Waals surface area contributed by atoms with Crippen molar-refractivity contribution in [3.63, 3.8) is 0 Å². The van der Waals surface area contributed by atoms with Gasteiger partial charge in [-0.1, -0.05) is 22.4 Å². The molecule has 0 aromatic rings. The third kappa shape index (κ3) is 4.25. The molecule has 17 heavy (non-hydrogen) atoms. The molecular formula is C11H20BrNO3S. The molecule has 1 heterocycles. The Bertz CT molecular complexity index is 378. The molecule has 0 radical (unpaired) electrons. The van der Waals surface area contributed by atoms with Crippen LogP contribution in [0.15, 0.2) is 0 Å². The van der Waals surface area contributed by atoms with E-state index in [0.29, 0.717) is 12.8 Å². The van der Waals surface area contributed by atoms with E-state index in [-0.39, 0.29) is 17.2 Å². The standard InChI is InChI=1S/C11H20BrNO3S/c1-11(2,6-7-12)13-10(14)9-5-3-4-8-17(9,15)16/h9H,3-8H2,1-2H3,(H,13,14). The molecular weight excluding hydrogens is 306 g/mol. The van der Waals surface area contributed by atoms with Gasteiger partial charge in [-0.15, -0.1) is 0 Å². The smallest absolute Gasteiger partial charge is 0.238 e. The third-order valence-electron chi connectivity index (χ3n) is 3.05. The Kier molecular flexibility index (Phi) is 5.01. The van der Waals surface area contributed by atoms with Gasteiger partial charge in [-0.25, -0.2) is 8.42 Å². The van der Waals surface area contributed by atoms with Crippen LogP contribution in [0.5, 0.6) is 0 Å². The maximum Gasteiger partial charge on any atom is 0.238 e. The number of amides is 1. The molecule has 0 aromatic carbocycles. The monoisotopic (exact) mass is 325 g/mol. The van der Waals surface area contributed by atoms with Crippen molar-refractivity contribution < 1.29 is 13.2 Å². The molecule has 0 aliphatic carbocycles. The van der Waals surface area contributed by atoms with Gasteiger partial charge in [-0.2, -0.15) is 0 Å². The van der Waals surface area contributed by atoms with Crippen LogP contribution in [0.1, 0.15) is 39.5 Å². The lowest BCUT2D eigenvalue weighted by atomic mass is 10.0. The van der Waals surface area contributed by atoms with E-state index in [9.17, 15) is 13.2 Å². The second-order valence-corrected chi connectivity index (χ2v) is 8.26. The Morgan fingerprint density at radius 1 is 1.41 bits per heavy atom. The predicted octanol–water partition coefficient (Wildman–Crippen LogP) is 1.63. The van der Waals surface area contributed by atoms with E-state index in [2.05, 4.69) is 21.2 Å². The summed E-state index contributed by atoms with van der Waals surface area (Å²) in [6, 6.07) is 0. The minimum absolute atomic E-state index is 0.143. The largest absolute Gasteiger partial charge is 0.350 e. The highest BCUT2D eigenvalue weighted by Crippen LogP contribution is 2.21. The van der Waals surface area contributed by atoms with Gasteiger partial charge in [0, 0.05) is 10.9 Å². The molecule has 1 saturated heterocycles. The number of sulfone groups is 1. The normalized spacial score (nSPS) is 24.3. The fourth-order valence-corrected chi connectivity index (χ4v) is 4.75. The molecule has 0 saturated carbocycles. The van der Waals surface area contributed by atoms with E-state index in [4.69, 9.17) is 0 Å². The second-order valence-electron chi connectivity index (χ2n) is 5.16. The zero-order valence-corrected chi connectivity index (χ0v) is 12.7. The predicted molar refractivity (Wildman–Crippen MR) is 72.1 cm³/mol. The van der Waals surface area contributed by atoms with E-state index in [1.165, 1.54) is 0 Å². The fraction of sp³-hybridized carbons (Fsp3) is 0.909. The summed E-state index contributed by atoms with van der Waals surface area (Å²) in [5.41, 5.74) is -0.368. The van der Waals surface area contributed by atoms with Crippen LogP contribution in [0.2, 0.25) is 0 Å². The second kappa shape index (κ2) is 5.69. The topological polar surface area (TPSA) is 63.2 Å². The zero-order valence-electron chi connectivity index (χ0n) is 10.3. The van der Waals surface area contributed by atoms with Gasteiger partial charge in [-0.3, -0.25) is 4.79 Å². The first-order valence-corrected chi connectivity index (χ1v) is 8.72. The van der Waals surface area contributed by atoms with Crippen LogP contribution in [0, 0.1) is 0 Å². The maximum atomic E-state index is 12.0. The molecule has 0 spiro atoms. The van der Waals surface area contributed by atoms with Crippen LogP contribution in [0.25, 0.3) is 0 Å². The number of halogens is 1. The number of carbonyl (C=O) groups is 1. The van der Waals surface area contributed by atoms with Crippen molar-refractivity contribution in [1.82, 2.24) is 5.32 Å². The summed E-state index contributed by atoms with van der Waals surface area (Å²) in [7, 11) is -3.23. The van der Waals surface area contributed by atoms with E-state index < -0.39 is 15.1 Å². The number of hydrogen-bond acceptors (Lipinski definition) is 3. The highest BCUT2D eigenvalue weighted by molar-refractivity contribution is 9.09. The van der Waals surface area contributed by atoms with Gasteiger partial charge in [0.1, 0.15) is 5.25 Å². The van der Waals surface area contributed by atoms with E-state index in [0.717, 1.165) is 18.2 Å². The zero-order chi connectivity index (χ0) is 13.1. The Labute approximate surface area is 112 Å². The average Bonchev–Trinajstić information content (AvgIpc) is 2.15. The van der Waals surface area contributed by atoms with Crippen LogP contribution in [0.4, 0.5) is 0 Å². The summed E-state index contributed by atoms with van der Waals surface area (Å²) in [6.45, 7) is 3.81. The van der Waals surface area contributed by atoms with Gasteiger partial charge in [0.25, 0.3) is 0 Å². The minimum Gasteiger partial charge on any atom is -0.350 e. The van der Waals surface area contributed by atoms with Gasteiger partial charge < -0.3 is 5.32 Å². The Morgan fingerprint density at radius 2 is 2.06 bits per heavy atom. The number of rotatable bonds is 4. The molecule has 0 bridgehead atoms. The van der Waals surface area contributed by atoms with Crippen molar-refractivity contribution in [2.75, 3.05) is 11.1 Å². The van der Waals surface area contributed by atoms with Gasteiger partial charge in [0.2, 0.25) is 5.91 Å². The van der Waals surface area contributed by atoms with Crippen molar-refractivity contribution in [2.24, 2.45) is 0 Å². The first kappa shape index (κ1) is 15.0. The Hall–Kier alpha value is -0.100. The third-order valence-corrected chi connectivity index (χ3v) is 5.62. The maximum absolute atomic E-state index is 12.0. The van der Waals surface area contributed by atoms with Gasteiger partial charge in [-0.05, 0) is 33.1 Å². The highest BCUT2D eigenvalue weighted by atomic mass is 79.9. The van der Waals surface area contributed by atoms with Crippen molar-refractivity contribution in [3.05, 3.63) is 0 Å². The van der Waals surface area contributed by atoms with Crippen LogP contribution in [0.3, 0.4) is 0 Å². The van der Waals surface area contributed by atoms with Crippen molar-refractivity contribution in [2.45, 2.75) is 50.3 Å². The van der Waals surface area contributed by atoms with Crippen LogP contribution in [-0.4, -0.2) is 36.2 Å². The highest BCUT2D eigenvalue weighted by Gasteiger charge is 2.36. The number of carbonyl (C=O) groups excluding carboxylic acids is 1. The van der Waals surface area contributed by atoms with E-state index in [1.807, 2.05) is 13.8 Å². The quantitative estimate of drug-likeness (QED) is 0.799. The summed E-state index contributed by atoms with van der Waals surface area (Å²) in [5, 5.41) is 2.77. The average molecular weight is 326 g/mol. The number of hydrogen-bond donors (Lipinski definition) is 1. The lowest BCUT2D eigenvalue weighted by Crippen LogP contribution is -2.51. The van der Waals surface area contributed by atoms with Crippen LogP contribution < -0.4 is 5.32 Å². The molecule has 4 nitrogen and oxygen atoms in total. The molecule has 1 unspecified atom stereocenters. The summed E-state index contributed by atoms with van der Waals surface area (Å²) >= 11 is 3.32. The van der Waals surface area contributed by atoms with Crippen LogP contribution >= 0.6 is 15.9 Å². The molecule has 1 aliphatic rings. The number of alkyl halides is 1. The van der Waals surface area contributed by atoms with Gasteiger partial charge >= 0.3 is 0 Å². The van der Waals surface area contributed by atoms with Crippen molar-refractivity contribution in [1.29, 1.82) is 0 Å². The minimum atomic E-state index is -3.23. The molecule has 1 amide bonds. The Morgan fingerprint density at radius 3 is 2.59 bits per heavy atom. The van der Waals surface area contributed by atoms with Crippen molar-refractivity contribution in [3.8, 4) is 0 Å². The summed E-state index contributed by atoms with van der Waals surface area (Å²) < 4.78 is 23.6. The Balaban J connectivity index is 2.70.